The van der Waals surface area contributed by atoms with Crippen molar-refractivity contribution in [2.24, 2.45) is 0 Å². The minimum atomic E-state index is -0.0500. The Kier molecular flexibility index (Phi) is 5.52. The molecule has 1 fully saturated rings. The van der Waals surface area contributed by atoms with Gasteiger partial charge in [0.05, 0.1) is 33.1 Å². The predicted molar refractivity (Wildman–Crippen MR) is 111 cm³/mol. The summed E-state index contributed by atoms with van der Waals surface area (Å²) in [6, 6.07) is 13.7. The van der Waals surface area contributed by atoms with Gasteiger partial charge in [0, 0.05) is 12.1 Å². The van der Waals surface area contributed by atoms with Crippen LogP contribution in [0.3, 0.4) is 0 Å². The molecule has 0 saturated carbocycles. The van der Waals surface area contributed by atoms with Gasteiger partial charge < -0.3 is 14.2 Å². The maximum Gasteiger partial charge on any atom is 0.200 e. The molecule has 2 unspecified atom stereocenters. The summed E-state index contributed by atoms with van der Waals surface area (Å²) < 4.78 is 18.5. The molecule has 0 amide bonds. The molecule has 2 heterocycles. The molecule has 9 heteroatoms. The summed E-state index contributed by atoms with van der Waals surface area (Å²) in [5, 5.41) is 7.39. The van der Waals surface area contributed by atoms with Gasteiger partial charge in [-0.05, 0) is 48.5 Å². The van der Waals surface area contributed by atoms with Crippen molar-refractivity contribution in [2.75, 3.05) is 21.3 Å². The first-order valence-electron chi connectivity index (χ1n) is 9.19. The normalized spacial score (nSPS) is 18.6. The average molecular weight is 414 g/mol. The zero-order valence-electron chi connectivity index (χ0n) is 16.4. The minimum absolute atomic E-state index is 0.0500. The second-order valence-corrected chi connectivity index (χ2v) is 7.05. The van der Waals surface area contributed by atoms with Gasteiger partial charge in [-0.3, -0.25) is 9.67 Å². The summed E-state index contributed by atoms with van der Waals surface area (Å²) in [6.07, 6.45) is 0.804. The molecule has 0 radical (unpaired) electrons. The van der Waals surface area contributed by atoms with Gasteiger partial charge in [-0.1, -0.05) is 12.1 Å². The van der Waals surface area contributed by atoms with Crippen LogP contribution in [0.25, 0.3) is 5.69 Å². The van der Waals surface area contributed by atoms with Crippen molar-refractivity contribution >= 4 is 12.2 Å². The number of ether oxygens (including phenoxy) is 3. The van der Waals surface area contributed by atoms with Crippen LogP contribution in [-0.2, 0) is 0 Å². The monoisotopic (exact) mass is 413 g/mol. The van der Waals surface area contributed by atoms with E-state index < -0.39 is 0 Å². The summed E-state index contributed by atoms with van der Waals surface area (Å²) in [6.45, 7) is 0. The zero-order chi connectivity index (χ0) is 20.4. The Morgan fingerprint density at radius 3 is 2.31 bits per heavy atom. The Hall–Kier alpha value is -2.88. The van der Waals surface area contributed by atoms with Crippen LogP contribution in [0.1, 0.15) is 29.9 Å². The van der Waals surface area contributed by atoms with E-state index >= 15 is 0 Å². The lowest BCUT2D eigenvalue weighted by Gasteiger charge is -2.15. The van der Waals surface area contributed by atoms with Gasteiger partial charge in [-0.15, -0.1) is 0 Å². The number of aromatic nitrogens is 3. The number of nitrogens with zero attached hydrogens (tertiary/aromatic N) is 2. The van der Waals surface area contributed by atoms with Crippen molar-refractivity contribution in [2.45, 2.75) is 18.5 Å². The van der Waals surface area contributed by atoms with E-state index in [1.165, 1.54) is 5.56 Å². The van der Waals surface area contributed by atoms with Crippen molar-refractivity contribution in [1.82, 2.24) is 25.6 Å². The number of methoxy groups -OCH3 is 3. The smallest absolute Gasteiger partial charge is 0.200 e. The number of hydrazine groups is 1. The van der Waals surface area contributed by atoms with Crippen molar-refractivity contribution in [3.05, 3.63) is 58.6 Å². The number of benzene rings is 2. The highest BCUT2D eigenvalue weighted by Gasteiger charge is 2.30. The molecule has 0 spiro atoms. The maximum absolute atomic E-state index is 5.54. The van der Waals surface area contributed by atoms with Crippen LogP contribution in [0.4, 0.5) is 0 Å². The third-order valence-corrected chi connectivity index (χ3v) is 5.33. The Morgan fingerprint density at radius 1 is 0.931 bits per heavy atom. The summed E-state index contributed by atoms with van der Waals surface area (Å²) in [7, 11) is 4.92. The fourth-order valence-corrected chi connectivity index (χ4v) is 3.77. The van der Waals surface area contributed by atoms with Gasteiger partial charge in [-0.2, -0.15) is 5.10 Å². The Morgan fingerprint density at radius 2 is 1.62 bits per heavy atom. The highest BCUT2D eigenvalue weighted by Crippen LogP contribution is 2.34. The summed E-state index contributed by atoms with van der Waals surface area (Å²) in [4.78, 5) is 0. The highest BCUT2D eigenvalue weighted by atomic mass is 32.1. The molecule has 3 aromatic rings. The molecule has 2 aromatic carbocycles. The maximum atomic E-state index is 5.54. The number of nitrogens with one attached hydrogen (secondary N) is 3. The Labute approximate surface area is 173 Å². The average Bonchev–Trinajstić information content (AvgIpc) is 3.40. The lowest BCUT2D eigenvalue weighted by molar-refractivity contribution is 0.400. The van der Waals surface area contributed by atoms with Crippen LogP contribution in [0, 0.1) is 4.77 Å². The van der Waals surface area contributed by atoms with Crippen molar-refractivity contribution in [3.8, 4) is 22.9 Å². The van der Waals surface area contributed by atoms with Gasteiger partial charge in [0.1, 0.15) is 17.2 Å². The molecule has 4 rings (SSSR count). The van der Waals surface area contributed by atoms with Gasteiger partial charge in [0.2, 0.25) is 0 Å². The Balaban J connectivity index is 1.65. The number of aromatic amines is 1. The molecule has 2 atom stereocenters. The first-order chi connectivity index (χ1) is 14.1. The summed E-state index contributed by atoms with van der Waals surface area (Å²) in [5.41, 5.74) is 8.63. The fourth-order valence-electron chi connectivity index (χ4n) is 3.53. The third kappa shape index (κ3) is 3.71. The van der Waals surface area contributed by atoms with E-state index in [2.05, 4.69) is 33.2 Å². The molecule has 29 heavy (non-hydrogen) atoms. The van der Waals surface area contributed by atoms with E-state index in [9.17, 15) is 0 Å². The fraction of sp³-hybridized carbons (Fsp3) is 0.300. The molecule has 1 aliphatic rings. The lowest BCUT2D eigenvalue weighted by atomic mass is 10.0. The molecule has 1 aromatic heterocycles. The zero-order valence-corrected chi connectivity index (χ0v) is 17.2. The second kappa shape index (κ2) is 8.24. The number of rotatable bonds is 6. The van der Waals surface area contributed by atoms with E-state index in [0.29, 0.717) is 16.3 Å². The number of hydrogen-bond donors (Lipinski definition) is 3. The van der Waals surface area contributed by atoms with E-state index in [1.807, 2.05) is 34.9 Å². The van der Waals surface area contributed by atoms with Crippen molar-refractivity contribution in [1.29, 1.82) is 0 Å². The molecule has 1 aliphatic heterocycles. The van der Waals surface area contributed by atoms with Gasteiger partial charge in [0.25, 0.3) is 0 Å². The molecule has 152 valence electrons. The standard InChI is InChI=1S/C20H23N5O3S/c1-26-13-6-4-12(5-7-13)15-11-16(22-21-15)19-23-24-20(29)25(19)17-10-14(27-2)8-9-18(17)28-3/h4-10,15-16,21-22H,11H2,1-3H3,(H,24,29). The molecule has 0 bridgehead atoms. The van der Waals surface area contributed by atoms with Crippen LogP contribution in [0.2, 0.25) is 0 Å². The minimum Gasteiger partial charge on any atom is -0.497 e. The van der Waals surface area contributed by atoms with E-state index in [4.69, 9.17) is 26.4 Å². The first kappa shape index (κ1) is 19.4. The molecular formula is C20H23N5O3S. The van der Waals surface area contributed by atoms with Gasteiger partial charge in [0.15, 0.2) is 10.6 Å². The van der Waals surface area contributed by atoms with Crippen LogP contribution in [0.15, 0.2) is 42.5 Å². The highest BCUT2D eigenvalue weighted by molar-refractivity contribution is 7.71. The number of H-pyrrole nitrogens is 1. The summed E-state index contributed by atoms with van der Waals surface area (Å²) >= 11 is 5.51. The topological polar surface area (TPSA) is 85.4 Å². The number of hydrogen-bond acceptors (Lipinski definition) is 7. The van der Waals surface area contributed by atoms with Gasteiger partial charge >= 0.3 is 0 Å². The van der Waals surface area contributed by atoms with Gasteiger partial charge in [-0.25, -0.2) is 10.9 Å². The van der Waals surface area contributed by atoms with E-state index in [1.54, 1.807) is 21.3 Å². The van der Waals surface area contributed by atoms with E-state index in [-0.39, 0.29) is 12.1 Å². The first-order valence-corrected chi connectivity index (χ1v) is 9.60. The second-order valence-electron chi connectivity index (χ2n) is 6.66. The molecule has 8 nitrogen and oxygen atoms in total. The van der Waals surface area contributed by atoms with Crippen LogP contribution >= 0.6 is 12.2 Å². The molecule has 3 N–H and O–H groups in total. The molecule has 1 saturated heterocycles. The van der Waals surface area contributed by atoms with Crippen molar-refractivity contribution in [3.63, 3.8) is 0 Å². The van der Waals surface area contributed by atoms with Crippen LogP contribution < -0.4 is 25.1 Å². The van der Waals surface area contributed by atoms with Crippen LogP contribution in [-0.4, -0.2) is 36.1 Å². The third-order valence-electron chi connectivity index (χ3n) is 5.06. The van der Waals surface area contributed by atoms with Crippen LogP contribution in [0.5, 0.6) is 17.2 Å². The SMILES string of the molecule is COc1ccc(C2CC(c3n[nH]c(=S)n3-c3cc(OC)ccc3OC)NN2)cc1. The molecule has 0 aliphatic carbocycles. The lowest BCUT2D eigenvalue weighted by Crippen LogP contribution is -2.28. The summed E-state index contributed by atoms with van der Waals surface area (Å²) in [5.74, 6) is 3.00. The van der Waals surface area contributed by atoms with E-state index in [0.717, 1.165) is 23.7 Å². The molecular weight excluding hydrogens is 390 g/mol. The predicted octanol–water partition coefficient (Wildman–Crippen LogP) is 3.24. The Bertz CT molecular complexity index is 1050. The largest absolute Gasteiger partial charge is 0.497 e. The van der Waals surface area contributed by atoms with Crippen molar-refractivity contribution < 1.29 is 14.2 Å². The quantitative estimate of drug-likeness (QED) is 0.535.